The monoisotopic (exact) mass is 181 g/mol. The third-order valence-corrected chi connectivity index (χ3v) is 2.86. The van der Waals surface area contributed by atoms with Crippen LogP contribution in [0.3, 0.4) is 0 Å². The first-order valence-electron chi connectivity index (χ1n) is 5.16. The largest absolute Gasteiger partial charge is 0.314 e. The van der Waals surface area contributed by atoms with Gasteiger partial charge in [0.25, 0.3) is 0 Å². The lowest BCUT2D eigenvalue weighted by atomic mass is 10.0. The van der Waals surface area contributed by atoms with Crippen molar-refractivity contribution in [1.82, 2.24) is 10.2 Å². The Morgan fingerprint density at radius 3 is 2.54 bits per heavy atom. The van der Waals surface area contributed by atoms with Gasteiger partial charge < -0.3 is 5.32 Å². The third-order valence-electron chi connectivity index (χ3n) is 2.86. The van der Waals surface area contributed by atoms with Gasteiger partial charge in [0.2, 0.25) is 0 Å². The van der Waals surface area contributed by atoms with Crippen molar-refractivity contribution in [2.45, 2.75) is 38.8 Å². The molecule has 0 amide bonds. The zero-order valence-corrected chi connectivity index (χ0v) is 8.58. The maximum absolute atomic E-state index is 8.69. The normalized spacial score (nSPS) is 19.5. The summed E-state index contributed by atoms with van der Waals surface area (Å²) in [5.74, 6) is 0. The highest BCUT2D eigenvalue weighted by molar-refractivity contribution is 4.90. The van der Waals surface area contributed by atoms with Crippen LogP contribution in [0.5, 0.6) is 0 Å². The van der Waals surface area contributed by atoms with E-state index in [0.717, 1.165) is 26.1 Å². The van der Waals surface area contributed by atoms with E-state index in [2.05, 4.69) is 30.1 Å². The first-order valence-corrected chi connectivity index (χ1v) is 5.16. The summed E-state index contributed by atoms with van der Waals surface area (Å²) >= 11 is 0. The van der Waals surface area contributed by atoms with Crippen LogP contribution in [0.2, 0.25) is 0 Å². The molecule has 1 heterocycles. The molecule has 74 valence electrons. The molecule has 3 heteroatoms. The maximum Gasteiger partial charge on any atom is 0.0638 e. The fourth-order valence-electron chi connectivity index (χ4n) is 1.92. The molecule has 0 radical (unpaired) electrons. The molecule has 1 saturated heterocycles. The summed E-state index contributed by atoms with van der Waals surface area (Å²) in [7, 11) is 0. The van der Waals surface area contributed by atoms with Crippen LogP contribution in [0, 0.1) is 11.3 Å². The lowest BCUT2D eigenvalue weighted by Crippen LogP contribution is -2.59. The second-order valence-corrected chi connectivity index (χ2v) is 3.57. The molecular weight excluding hydrogens is 162 g/mol. The van der Waals surface area contributed by atoms with Crippen molar-refractivity contribution in [3.8, 4) is 6.07 Å². The zero-order valence-electron chi connectivity index (χ0n) is 8.58. The van der Waals surface area contributed by atoms with E-state index in [0.29, 0.717) is 18.5 Å². The van der Waals surface area contributed by atoms with E-state index in [4.69, 9.17) is 5.26 Å². The molecule has 0 saturated carbocycles. The highest BCUT2D eigenvalue weighted by atomic mass is 15.2. The van der Waals surface area contributed by atoms with Gasteiger partial charge in [0.05, 0.1) is 12.5 Å². The van der Waals surface area contributed by atoms with Crippen LogP contribution in [0.4, 0.5) is 0 Å². The SMILES string of the molecule is CCC(CC#N)N(CC)C1CNC1. The first-order chi connectivity index (χ1) is 6.33. The van der Waals surface area contributed by atoms with Gasteiger partial charge in [0.15, 0.2) is 0 Å². The Bertz CT molecular complexity index is 181. The zero-order chi connectivity index (χ0) is 9.68. The Kier molecular flexibility index (Phi) is 4.20. The van der Waals surface area contributed by atoms with E-state index in [1.165, 1.54) is 0 Å². The van der Waals surface area contributed by atoms with Crippen LogP contribution < -0.4 is 5.32 Å². The predicted octanol–water partition coefficient (Wildman–Crippen LogP) is 0.972. The lowest BCUT2D eigenvalue weighted by molar-refractivity contribution is 0.100. The van der Waals surface area contributed by atoms with E-state index in [9.17, 15) is 0 Å². The molecule has 1 fully saturated rings. The van der Waals surface area contributed by atoms with Gasteiger partial charge in [0.1, 0.15) is 0 Å². The fourth-order valence-corrected chi connectivity index (χ4v) is 1.92. The molecule has 13 heavy (non-hydrogen) atoms. The second kappa shape index (κ2) is 5.21. The van der Waals surface area contributed by atoms with Gasteiger partial charge >= 0.3 is 0 Å². The van der Waals surface area contributed by atoms with Crippen LogP contribution in [0.15, 0.2) is 0 Å². The van der Waals surface area contributed by atoms with Crippen LogP contribution in [-0.2, 0) is 0 Å². The van der Waals surface area contributed by atoms with E-state index in [1.807, 2.05) is 0 Å². The minimum absolute atomic E-state index is 0.460. The Balaban J connectivity index is 2.46. The summed E-state index contributed by atoms with van der Waals surface area (Å²) in [5.41, 5.74) is 0. The summed E-state index contributed by atoms with van der Waals surface area (Å²) in [6, 6.07) is 3.40. The number of rotatable bonds is 5. The molecular formula is C10H19N3. The molecule has 1 atom stereocenters. The predicted molar refractivity (Wildman–Crippen MR) is 53.3 cm³/mol. The number of nitrogens with one attached hydrogen (secondary N) is 1. The summed E-state index contributed by atoms with van der Waals surface area (Å²) < 4.78 is 0. The van der Waals surface area contributed by atoms with Gasteiger partial charge in [-0.25, -0.2) is 0 Å². The van der Waals surface area contributed by atoms with Gasteiger partial charge in [-0.3, -0.25) is 4.90 Å². The average molecular weight is 181 g/mol. The molecule has 0 bridgehead atoms. The minimum Gasteiger partial charge on any atom is -0.314 e. The molecule has 0 aromatic rings. The van der Waals surface area contributed by atoms with Crippen molar-refractivity contribution in [3.63, 3.8) is 0 Å². The Morgan fingerprint density at radius 1 is 1.54 bits per heavy atom. The average Bonchev–Trinajstić information content (AvgIpc) is 2.07. The molecule has 0 aliphatic carbocycles. The molecule has 0 aromatic heterocycles. The Hall–Kier alpha value is -0.590. The molecule has 1 N–H and O–H groups in total. The topological polar surface area (TPSA) is 39.1 Å². The van der Waals surface area contributed by atoms with Crippen molar-refractivity contribution in [3.05, 3.63) is 0 Å². The molecule has 1 aliphatic heterocycles. The standard InChI is InChI=1S/C10H19N3/c1-3-9(5-6-11)13(4-2)10-7-12-8-10/h9-10,12H,3-5,7-8H2,1-2H3. The molecule has 0 spiro atoms. The van der Waals surface area contributed by atoms with Crippen LogP contribution >= 0.6 is 0 Å². The van der Waals surface area contributed by atoms with Gasteiger partial charge in [-0.1, -0.05) is 13.8 Å². The Labute approximate surface area is 80.7 Å². The van der Waals surface area contributed by atoms with Gasteiger partial charge in [-0.05, 0) is 13.0 Å². The van der Waals surface area contributed by atoms with E-state index < -0.39 is 0 Å². The minimum atomic E-state index is 0.460. The highest BCUT2D eigenvalue weighted by Gasteiger charge is 2.27. The van der Waals surface area contributed by atoms with Crippen LogP contribution in [0.1, 0.15) is 26.7 Å². The molecule has 3 nitrogen and oxygen atoms in total. The maximum atomic E-state index is 8.69. The number of nitriles is 1. The van der Waals surface area contributed by atoms with E-state index in [1.54, 1.807) is 0 Å². The van der Waals surface area contributed by atoms with Crippen molar-refractivity contribution in [2.24, 2.45) is 0 Å². The number of hydrogen-bond donors (Lipinski definition) is 1. The third kappa shape index (κ3) is 2.43. The summed E-state index contributed by atoms with van der Waals surface area (Å²) in [5, 5.41) is 12.0. The van der Waals surface area contributed by atoms with E-state index in [-0.39, 0.29) is 0 Å². The van der Waals surface area contributed by atoms with Gasteiger partial charge in [-0.15, -0.1) is 0 Å². The first kappa shape index (κ1) is 10.5. The second-order valence-electron chi connectivity index (χ2n) is 3.57. The molecule has 0 aromatic carbocycles. The summed E-state index contributed by atoms with van der Waals surface area (Å²) in [6.45, 7) is 7.59. The van der Waals surface area contributed by atoms with Gasteiger partial charge in [0, 0.05) is 25.2 Å². The summed E-state index contributed by atoms with van der Waals surface area (Å²) in [4.78, 5) is 2.46. The smallest absolute Gasteiger partial charge is 0.0638 e. The van der Waals surface area contributed by atoms with Crippen molar-refractivity contribution in [2.75, 3.05) is 19.6 Å². The van der Waals surface area contributed by atoms with Crippen molar-refractivity contribution < 1.29 is 0 Å². The Morgan fingerprint density at radius 2 is 2.23 bits per heavy atom. The lowest BCUT2D eigenvalue weighted by Gasteiger charge is -2.41. The van der Waals surface area contributed by atoms with Crippen molar-refractivity contribution >= 4 is 0 Å². The quantitative estimate of drug-likeness (QED) is 0.687. The van der Waals surface area contributed by atoms with Gasteiger partial charge in [-0.2, -0.15) is 5.26 Å². The van der Waals surface area contributed by atoms with E-state index >= 15 is 0 Å². The van der Waals surface area contributed by atoms with Crippen LogP contribution in [0.25, 0.3) is 0 Å². The number of nitrogens with zero attached hydrogens (tertiary/aromatic N) is 2. The van der Waals surface area contributed by atoms with Crippen molar-refractivity contribution in [1.29, 1.82) is 5.26 Å². The highest BCUT2D eigenvalue weighted by Crippen LogP contribution is 2.14. The fraction of sp³-hybridized carbons (Fsp3) is 0.900. The summed E-state index contributed by atoms with van der Waals surface area (Å²) in [6.07, 6.45) is 1.75. The number of hydrogen-bond acceptors (Lipinski definition) is 3. The molecule has 1 rings (SSSR count). The molecule has 1 aliphatic rings. The van der Waals surface area contributed by atoms with Crippen LogP contribution in [-0.4, -0.2) is 36.6 Å². The molecule has 1 unspecified atom stereocenters. The number of likely N-dealkylation sites (N-methyl/N-ethyl adjacent to an activating group) is 1.